The van der Waals surface area contributed by atoms with Crippen molar-refractivity contribution in [2.24, 2.45) is 0 Å². The van der Waals surface area contributed by atoms with Gasteiger partial charge in [-0.05, 0) is 38.0 Å². The summed E-state index contributed by atoms with van der Waals surface area (Å²) in [5.41, 5.74) is -1.21. The summed E-state index contributed by atoms with van der Waals surface area (Å²) in [6.07, 6.45) is 3.38. The summed E-state index contributed by atoms with van der Waals surface area (Å²) in [6, 6.07) is 5.44. The molecule has 0 bridgehead atoms. The molecule has 1 fully saturated rings. The van der Waals surface area contributed by atoms with Crippen LogP contribution >= 0.6 is 0 Å². The SMILES string of the molecule is Cc1cc(Cn2c(=O)c3cc(S(=O)(=O)NC4(CF)CC4)ccc3n(Cc3cocn3)c2=O)on1. The summed E-state index contributed by atoms with van der Waals surface area (Å²) in [4.78, 5) is 30.4. The molecule has 1 aliphatic rings. The molecule has 11 nitrogen and oxygen atoms in total. The topological polar surface area (TPSA) is 142 Å². The molecule has 0 saturated heterocycles. The van der Waals surface area contributed by atoms with Gasteiger partial charge in [0, 0.05) is 6.07 Å². The lowest BCUT2D eigenvalue weighted by molar-refractivity contribution is 0.368. The number of nitrogens with zero attached hydrogens (tertiary/aromatic N) is 4. The summed E-state index contributed by atoms with van der Waals surface area (Å²) < 4.78 is 53.8. The van der Waals surface area contributed by atoms with Gasteiger partial charge in [-0.3, -0.25) is 13.9 Å². The summed E-state index contributed by atoms with van der Waals surface area (Å²) >= 11 is 0. The van der Waals surface area contributed by atoms with Crippen LogP contribution in [0.1, 0.15) is 30.0 Å². The molecule has 34 heavy (non-hydrogen) atoms. The summed E-state index contributed by atoms with van der Waals surface area (Å²) in [5, 5.41) is 3.77. The zero-order chi connectivity index (χ0) is 24.1. The lowest BCUT2D eigenvalue weighted by Gasteiger charge is -2.16. The number of sulfonamides is 1. The predicted octanol–water partition coefficient (Wildman–Crippen LogP) is 1.32. The third kappa shape index (κ3) is 3.96. The molecule has 0 unspecified atom stereocenters. The van der Waals surface area contributed by atoms with Crippen molar-refractivity contribution in [3.05, 3.63) is 74.9 Å². The lowest BCUT2D eigenvalue weighted by Crippen LogP contribution is -2.41. The fourth-order valence-electron chi connectivity index (χ4n) is 3.74. The smallest absolute Gasteiger partial charge is 0.332 e. The molecule has 3 heterocycles. The third-order valence-corrected chi connectivity index (χ3v) is 7.34. The van der Waals surface area contributed by atoms with Gasteiger partial charge in [-0.25, -0.2) is 27.3 Å². The summed E-state index contributed by atoms with van der Waals surface area (Å²) in [6.45, 7) is 0.665. The van der Waals surface area contributed by atoms with E-state index in [9.17, 15) is 22.4 Å². The fraction of sp³-hybridized carbons (Fsp3) is 0.333. The Morgan fingerprint density at radius 2 is 1.97 bits per heavy atom. The van der Waals surface area contributed by atoms with Crippen molar-refractivity contribution in [1.29, 1.82) is 0 Å². The van der Waals surface area contributed by atoms with E-state index in [0.29, 0.717) is 24.2 Å². The number of rotatable bonds is 8. The first-order valence-corrected chi connectivity index (χ1v) is 11.9. The second-order valence-electron chi connectivity index (χ2n) is 8.37. The number of oxazole rings is 1. The molecule has 0 radical (unpaired) electrons. The van der Waals surface area contributed by atoms with Gasteiger partial charge in [0.25, 0.3) is 5.56 Å². The normalized spacial score (nSPS) is 15.1. The monoisotopic (exact) mass is 489 g/mol. The zero-order valence-electron chi connectivity index (χ0n) is 18.0. The number of hydrogen-bond acceptors (Lipinski definition) is 8. The van der Waals surface area contributed by atoms with Gasteiger partial charge in [-0.15, -0.1) is 0 Å². The number of fused-ring (bicyclic) bond motifs is 1. The Morgan fingerprint density at radius 1 is 1.18 bits per heavy atom. The van der Waals surface area contributed by atoms with Crippen LogP contribution in [-0.4, -0.2) is 39.9 Å². The van der Waals surface area contributed by atoms with Crippen LogP contribution in [0, 0.1) is 6.92 Å². The van der Waals surface area contributed by atoms with Gasteiger partial charge in [0.15, 0.2) is 12.2 Å². The number of hydrogen-bond donors (Lipinski definition) is 1. The Balaban J connectivity index is 1.68. The predicted molar refractivity (Wildman–Crippen MR) is 117 cm³/mol. The van der Waals surface area contributed by atoms with Crippen molar-refractivity contribution in [2.45, 2.75) is 43.3 Å². The van der Waals surface area contributed by atoms with Crippen molar-refractivity contribution in [3.63, 3.8) is 0 Å². The van der Waals surface area contributed by atoms with Gasteiger partial charge < -0.3 is 8.94 Å². The van der Waals surface area contributed by atoms with E-state index < -0.39 is 33.5 Å². The van der Waals surface area contributed by atoms with Crippen LogP contribution in [0.5, 0.6) is 0 Å². The van der Waals surface area contributed by atoms with E-state index in [1.165, 1.54) is 35.4 Å². The molecule has 4 aromatic rings. The maximum Gasteiger partial charge on any atom is 0.332 e. The Bertz CT molecular complexity index is 1600. The molecular formula is C21H20FN5O6S. The fourth-order valence-corrected chi connectivity index (χ4v) is 5.21. The molecule has 1 saturated carbocycles. The third-order valence-electron chi connectivity index (χ3n) is 5.76. The second kappa shape index (κ2) is 8.02. The van der Waals surface area contributed by atoms with E-state index in [0.717, 1.165) is 4.57 Å². The largest absolute Gasteiger partial charge is 0.451 e. The molecule has 1 aliphatic carbocycles. The van der Waals surface area contributed by atoms with E-state index in [-0.39, 0.29) is 34.6 Å². The molecular weight excluding hydrogens is 469 g/mol. The lowest BCUT2D eigenvalue weighted by atomic mass is 10.2. The number of aromatic nitrogens is 4. The van der Waals surface area contributed by atoms with Gasteiger partial charge in [0.05, 0.1) is 45.8 Å². The van der Waals surface area contributed by atoms with Crippen molar-refractivity contribution < 1.29 is 21.7 Å². The molecule has 0 amide bonds. The average molecular weight is 489 g/mol. The molecule has 5 rings (SSSR count). The number of aryl methyl sites for hydroxylation is 1. The highest BCUT2D eigenvalue weighted by Gasteiger charge is 2.46. The van der Waals surface area contributed by atoms with Crippen LogP contribution in [0.2, 0.25) is 0 Å². The molecule has 0 aliphatic heterocycles. The average Bonchev–Trinajstić information content (AvgIpc) is 3.17. The van der Waals surface area contributed by atoms with Gasteiger partial charge in [-0.2, -0.15) is 0 Å². The van der Waals surface area contributed by atoms with Crippen molar-refractivity contribution in [2.75, 3.05) is 6.67 Å². The minimum Gasteiger partial charge on any atom is -0.451 e. The highest BCUT2D eigenvalue weighted by molar-refractivity contribution is 7.89. The van der Waals surface area contributed by atoms with Gasteiger partial charge in [0.1, 0.15) is 12.9 Å². The van der Waals surface area contributed by atoms with Crippen molar-refractivity contribution in [1.82, 2.24) is 24.0 Å². The minimum absolute atomic E-state index is 0.00713. The highest BCUT2D eigenvalue weighted by Crippen LogP contribution is 2.37. The minimum atomic E-state index is -4.10. The Labute approximate surface area is 191 Å². The molecule has 1 N–H and O–H groups in total. The van der Waals surface area contributed by atoms with Gasteiger partial charge in [-0.1, -0.05) is 5.16 Å². The van der Waals surface area contributed by atoms with Crippen LogP contribution in [0.15, 0.2) is 60.3 Å². The van der Waals surface area contributed by atoms with Crippen molar-refractivity contribution in [3.8, 4) is 0 Å². The Kier molecular flexibility index (Phi) is 5.24. The Morgan fingerprint density at radius 3 is 2.59 bits per heavy atom. The molecule has 0 spiro atoms. The molecule has 3 aromatic heterocycles. The first kappa shape index (κ1) is 22.2. The van der Waals surface area contributed by atoms with E-state index >= 15 is 0 Å². The molecule has 178 valence electrons. The summed E-state index contributed by atoms with van der Waals surface area (Å²) in [5.74, 6) is 0.285. The number of alkyl halides is 1. The highest BCUT2D eigenvalue weighted by atomic mass is 32.2. The van der Waals surface area contributed by atoms with Crippen LogP contribution in [0.4, 0.5) is 4.39 Å². The van der Waals surface area contributed by atoms with E-state index in [2.05, 4.69) is 14.9 Å². The number of halogens is 1. The van der Waals surface area contributed by atoms with E-state index in [1.807, 2.05) is 0 Å². The number of benzene rings is 1. The maximum atomic E-state index is 13.3. The first-order chi connectivity index (χ1) is 16.2. The quantitative estimate of drug-likeness (QED) is 0.391. The van der Waals surface area contributed by atoms with Crippen LogP contribution in [0.3, 0.4) is 0 Å². The molecule has 0 atom stereocenters. The second-order valence-corrected chi connectivity index (χ2v) is 10.1. The Hall–Kier alpha value is -3.58. The van der Waals surface area contributed by atoms with Gasteiger partial charge >= 0.3 is 5.69 Å². The van der Waals surface area contributed by atoms with Crippen molar-refractivity contribution >= 4 is 20.9 Å². The zero-order valence-corrected chi connectivity index (χ0v) is 18.8. The number of nitrogens with one attached hydrogen (secondary N) is 1. The van der Waals surface area contributed by atoms with Crippen LogP contribution < -0.4 is 16.0 Å². The van der Waals surface area contributed by atoms with E-state index in [4.69, 9.17) is 8.94 Å². The maximum absolute atomic E-state index is 13.3. The van der Waals surface area contributed by atoms with Gasteiger partial charge in [0.2, 0.25) is 10.0 Å². The van der Waals surface area contributed by atoms with E-state index in [1.54, 1.807) is 13.0 Å². The molecule has 13 heteroatoms. The first-order valence-electron chi connectivity index (χ1n) is 10.4. The summed E-state index contributed by atoms with van der Waals surface area (Å²) in [7, 11) is -4.10. The molecule has 1 aromatic carbocycles. The standard InChI is InChI=1S/C21H20FN5O6S/c1-13-6-15(33-24-13)9-27-19(28)17-7-16(34(30,31)25-21(11-22)4-5-21)2-3-18(17)26(20(27)29)8-14-10-32-12-23-14/h2-3,6-7,10,12,25H,4-5,8-9,11H2,1H3. The van der Waals surface area contributed by atoms with Crippen LogP contribution in [0.25, 0.3) is 10.9 Å². The van der Waals surface area contributed by atoms with Crippen LogP contribution in [-0.2, 0) is 23.1 Å².